The summed E-state index contributed by atoms with van der Waals surface area (Å²) >= 11 is 0. The number of nitrogens with zero attached hydrogens (tertiary/aromatic N) is 2. The van der Waals surface area contributed by atoms with Crippen LogP contribution in [0.4, 0.5) is 0 Å². The van der Waals surface area contributed by atoms with Gasteiger partial charge < -0.3 is 10.1 Å². The normalized spacial score (nSPS) is 16.9. The average molecular weight is 447 g/mol. The van der Waals surface area contributed by atoms with Crippen LogP contribution in [0.5, 0.6) is 0 Å². The van der Waals surface area contributed by atoms with Crippen LogP contribution in [0.1, 0.15) is 65.7 Å². The molecule has 1 saturated carbocycles. The molecule has 1 N–H and O–H groups in total. The quantitative estimate of drug-likeness (QED) is 0.515. The molecule has 1 aliphatic heterocycles. The second-order valence-electron chi connectivity index (χ2n) is 8.54. The summed E-state index contributed by atoms with van der Waals surface area (Å²) in [6.45, 7) is -0.388. The van der Waals surface area contributed by atoms with Crippen LogP contribution in [0.2, 0.25) is 0 Å². The predicted molar refractivity (Wildman–Crippen MR) is 119 cm³/mol. The van der Waals surface area contributed by atoms with Crippen LogP contribution in [0.3, 0.4) is 0 Å². The maximum absolute atomic E-state index is 12.9. The van der Waals surface area contributed by atoms with Gasteiger partial charge >= 0.3 is 5.97 Å². The number of rotatable bonds is 7. The second-order valence-corrected chi connectivity index (χ2v) is 8.54. The van der Waals surface area contributed by atoms with Crippen molar-refractivity contribution in [2.75, 3.05) is 13.2 Å². The lowest BCUT2D eigenvalue weighted by molar-refractivity contribution is -0.149. The van der Waals surface area contributed by atoms with E-state index in [1.807, 2.05) is 12.1 Å². The Labute approximate surface area is 191 Å². The van der Waals surface area contributed by atoms with Gasteiger partial charge in [0.05, 0.1) is 6.07 Å². The Morgan fingerprint density at radius 1 is 1.03 bits per heavy atom. The predicted octanol–water partition coefficient (Wildman–Crippen LogP) is 3.10. The van der Waals surface area contributed by atoms with Crippen molar-refractivity contribution in [1.82, 2.24) is 10.2 Å². The number of imide groups is 1. The van der Waals surface area contributed by atoms with E-state index in [-0.39, 0.29) is 31.2 Å². The molecule has 0 radical (unpaired) electrons. The topological polar surface area (TPSA) is 117 Å². The lowest BCUT2D eigenvalue weighted by Gasteiger charge is -2.31. The Kier molecular flexibility index (Phi) is 6.40. The Morgan fingerprint density at radius 2 is 1.67 bits per heavy atom. The van der Waals surface area contributed by atoms with Crippen molar-refractivity contribution in [2.24, 2.45) is 0 Å². The van der Waals surface area contributed by atoms with E-state index in [0.717, 1.165) is 29.5 Å². The number of carbonyl (C=O) groups is 4. The largest absolute Gasteiger partial charge is 0.456 e. The van der Waals surface area contributed by atoms with Gasteiger partial charge in [-0.25, -0.2) is 0 Å². The number of hydrogen-bond donors (Lipinski definition) is 1. The average Bonchev–Trinajstić information content (AvgIpc) is 2.83. The molecule has 1 aliphatic carbocycles. The number of ether oxygens (including phenoxy) is 1. The Bertz CT molecular complexity index is 1110. The lowest BCUT2D eigenvalue weighted by Crippen LogP contribution is -2.50. The highest BCUT2D eigenvalue weighted by Crippen LogP contribution is 2.30. The first-order valence-corrected chi connectivity index (χ1v) is 11.2. The fourth-order valence-electron chi connectivity index (χ4n) is 4.61. The molecule has 170 valence electrons. The highest BCUT2D eigenvalue weighted by molar-refractivity contribution is 6.25. The van der Waals surface area contributed by atoms with Crippen LogP contribution in [-0.4, -0.2) is 47.3 Å². The van der Waals surface area contributed by atoms with Crippen molar-refractivity contribution in [2.45, 2.75) is 50.5 Å². The first-order valence-electron chi connectivity index (χ1n) is 11.2. The van der Waals surface area contributed by atoms with Crippen LogP contribution >= 0.6 is 0 Å². The second kappa shape index (κ2) is 9.41. The number of benzene rings is 2. The SMILES string of the molecule is N#CC1(NC(=O)COC(=O)CCCN2C(=O)c3cccc4cccc(c34)C2=O)CCCCC1. The van der Waals surface area contributed by atoms with Crippen LogP contribution in [0.25, 0.3) is 10.8 Å². The van der Waals surface area contributed by atoms with Gasteiger partial charge in [0.2, 0.25) is 0 Å². The van der Waals surface area contributed by atoms with Crippen LogP contribution in [0.15, 0.2) is 36.4 Å². The molecule has 1 heterocycles. The minimum atomic E-state index is -0.879. The van der Waals surface area contributed by atoms with E-state index in [9.17, 15) is 24.4 Å². The van der Waals surface area contributed by atoms with E-state index in [2.05, 4.69) is 11.4 Å². The van der Waals surface area contributed by atoms with E-state index in [1.54, 1.807) is 24.3 Å². The summed E-state index contributed by atoms with van der Waals surface area (Å²) in [7, 11) is 0. The lowest BCUT2D eigenvalue weighted by atomic mass is 9.83. The first-order chi connectivity index (χ1) is 15.9. The van der Waals surface area contributed by atoms with Gasteiger partial charge in [-0.1, -0.05) is 43.5 Å². The van der Waals surface area contributed by atoms with Crippen molar-refractivity contribution in [1.29, 1.82) is 5.26 Å². The molecule has 0 unspecified atom stereocenters. The number of amides is 3. The van der Waals surface area contributed by atoms with E-state index >= 15 is 0 Å². The number of nitriles is 1. The third-order valence-electron chi connectivity index (χ3n) is 6.28. The molecule has 0 atom stereocenters. The number of esters is 1. The van der Waals surface area contributed by atoms with Crippen LogP contribution in [0, 0.1) is 11.3 Å². The summed E-state index contributed by atoms with van der Waals surface area (Å²) in [6, 6.07) is 12.8. The fraction of sp³-hybridized carbons (Fsp3) is 0.400. The number of hydrogen-bond acceptors (Lipinski definition) is 6. The van der Waals surface area contributed by atoms with Gasteiger partial charge in [-0.3, -0.25) is 24.1 Å². The highest BCUT2D eigenvalue weighted by Gasteiger charge is 2.34. The molecule has 8 heteroatoms. The minimum Gasteiger partial charge on any atom is -0.456 e. The summed E-state index contributed by atoms with van der Waals surface area (Å²) in [5, 5.41) is 13.6. The summed E-state index contributed by atoms with van der Waals surface area (Å²) < 4.78 is 5.03. The zero-order valence-corrected chi connectivity index (χ0v) is 18.3. The summed E-state index contributed by atoms with van der Waals surface area (Å²) in [6.07, 6.45) is 4.16. The molecule has 0 spiro atoms. The molecular weight excluding hydrogens is 422 g/mol. The molecule has 0 aromatic heterocycles. The van der Waals surface area contributed by atoms with Crippen molar-refractivity contribution in [3.63, 3.8) is 0 Å². The molecule has 1 fully saturated rings. The Balaban J connectivity index is 1.28. The van der Waals surface area contributed by atoms with Gasteiger partial charge in [0.1, 0.15) is 5.54 Å². The number of carbonyl (C=O) groups excluding carboxylic acids is 4. The molecule has 2 aliphatic rings. The molecular formula is C25H25N3O5. The van der Waals surface area contributed by atoms with E-state index in [1.165, 1.54) is 0 Å². The van der Waals surface area contributed by atoms with Gasteiger partial charge in [-0.15, -0.1) is 0 Å². The Hall–Kier alpha value is -3.73. The van der Waals surface area contributed by atoms with Crippen molar-refractivity contribution >= 4 is 34.5 Å². The summed E-state index contributed by atoms with van der Waals surface area (Å²) in [4.78, 5) is 51.1. The summed E-state index contributed by atoms with van der Waals surface area (Å²) in [5.74, 6) is -1.87. The highest BCUT2D eigenvalue weighted by atomic mass is 16.5. The van der Waals surface area contributed by atoms with Gasteiger partial charge in [0, 0.05) is 29.5 Å². The molecule has 33 heavy (non-hydrogen) atoms. The third-order valence-corrected chi connectivity index (χ3v) is 6.28. The zero-order chi connectivity index (χ0) is 23.4. The minimum absolute atomic E-state index is 0.0421. The standard InChI is InChI=1S/C25H25N3O5/c26-16-25(12-2-1-3-13-25)27-20(29)15-33-21(30)11-6-14-28-23(31)18-9-4-7-17-8-5-10-19(22(17)18)24(28)32/h4-5,7-10H,1-3,6,11-15H2,(H,27,29). The van der Waals surface area contributed by atoms with Gasteiger partial charge in [0.15, 0.2) is 6.61 Å². The maximum atomic E-state index is 12.9. The monoisotopic (exact) mass is 447 g/mol. The van der Waals surface area contributed by atoms with Gasteiger partial charge in [0.25, 0.3) is 17.7 Å². The smallest absolute Gasteiger partial charge is 0.306 e. The van der Waals surface area contributed by atoms with Crippen molar-refractivity contribution in [3.8, 4) is 6.07 Å². The molecule has 2 aromatic carbocycles. The maximum Gasteiger partial charge on any atom is 0.306 e. The Morgan fingerprint density at radius 3 is 2.27 bits per heavy atom. The molecule has 2 aromatic rings. The summed E-state index contributed by atoms with van der Waals surface area (Å²) in [5.41, 5.74) is 0.0581. The van der Waals surface area contributed by atoms with Crippen molar-refractivity contribution in [3.05, 3.63) is 47.5 Å². The van der Waals surface area contributed by atoms with E-state index in [0.29, 0.717) is 29.4 Å². The van der Waals surface area contributed by atoms with Crippen LogP contribution < -0.4 is 5.32 Å². The number of nitrogens with one attached hydrogen (secondary N) is 1. The van der Waals surface area contributed by atoms with E-state index < -0.39 is 24.0 Å². The zero-order valence-electron chi connectivity index (χ0n) is 18.3. The molecule has 0 bridgehead atoms. The van der Waals surface area contributed by atoms with Gasteiger partial charge in [-0.2, -0.15) is 5.26 Å². The van der Waals surface area contributed by atoms with Gasteiger partial charge in [-0.05, 0) is 36.8 Å². The fourth-order valence-corrected chi connectivity index (χ4v) is 4.61. The third kappa shape index (κ3) is 4.58. The first kappa shape index (κ1) is 22.5. The van der Waals surface area contributed by atoms with Crippen molar-refractivity contribution < 1.29 is 23.9 Å². The van der Waals surface area contributed by atoms with E-state index in [4.69, 9.17) is 4.74 Å². The molecule has 8 nitrogen and oxygen atoms in total. The molecule has 0 saturated heterocycles. The van der Waals surface area contributed by atoms with Crippen LogP contribution in [-0.2, 0) is 14.3 Å². The molecule has 4 rings (SSSR count). The molecule has 3 amide bonds.